The summed E-state index contributed by atoms with van der Waals surface area (Å²) in [6.45, 7) is 2.28. The Balaban J connectivity index is 1.51. The van der Waals surface area contributed by atoms with Crippen LogP contribution >= 0.6 is 0 Å². The summed E-state index contributed by atoms with van der Waals surface area (Å²) >= 11 is 0. The van der Waals surface area contributed by atoms with Crippen LogP contribution in [0.4, 0.5) is 14.5 Å². The third-order valence-electron chi connectivity index (χ3n) is 6.12. The van der Waals surface area contributed by atoms with Gasteiger partial charge in [-0.25, -0.2) is 13.8 Å². The van der Waals surface area contributed by atoms with Crippen LogP contribution in [0.15, 0.2) is 72.8 Å². The zero-order valence-electron chi connectivity index (χ0n) is 18.4. The molecule has 2 amide bonds. The molecule has 2 unspecified atom stereocenters. The zero-order chi connectivity index (χ0) is 23.8. The minimum atomic E-state index is -0.876. The van der Waals surface area contributed by atoms with Gasteiger partial charge in [-0.15, -0.1) is 0 Å². The van der Waals surface area contributed by atoms with E-state index in [9.17, 15) is 18.4 Å². The van der Waals surface area contributed by atoms with Crippen molar-refractivity contribution >= 4 is 28.5 Å². The maximum absolute atomic E-state index is 14.1. The maximum Gasteiger partial charge on any atom is 0.247 e. The van der Waals surface area contributed by atoms with Gasteiger partial charge in [0.15, 0.2) is 0 Å². The summed E-state index contributed by atoms with van der Waals surface area (Å²) in [7, 11) is 0. The van der Waals surface area contributed by atoms with Crippen LogP contribution in [0.25, 0.3) is 11.0 Å². The number of aromatic nitrogens is 2. The molecule has 1 aliphatic heterocycles. The van der Waals surface area contributed by atoms with E-state index in [2.05, 4.69) is 5.32 Å². The first-order chi connectivity index (χ1) is 16.4. The van der Waals surface area contributed by atoms with Crippen molar-refractivity contribution in [3.8, 4) is 0 Å². The molecule has 2 heterocycles. The number of hydrogen-bond acceptors (Lipinski definition) is 3. The van der Waals surface area contributed by atoms with Crippen molar-refractivity contribution < 1.29 is 18.4 Å². The highest BCUT2D eigenvalue weighted by Crippen LogP contribution is 2.37. The molecule has 0 spiro atoms. The standard InChI is InChI=1S/C26H22F2N4O2/c1-16-25-30-20-9-5-6-10-22(20)32(25)23(26(34)31(16)15-17-7-3-2-4-8-17)14-24(33)29-21-13-18(27)11-12-19(21)28/h2-13,16,23H,14-15H2,1H3,(H,29,33). The number of amides is 2. The number of carbonyl (C=O) groups excluding carboxylic acids is 2. The first-order valence-electron chi connectivity index (χ1n) is 11.0. The molecular weight excluding hydrogens is 438 g/mol. The largest absolute Gasteiger partial charge is 0.327 e. The average Bonchev–Trinajstić information content (AvgIpc) is 3.22. The summed E-state index contributed by atoms with van der Waals surface area (Å²) in [4.78, 5) is 33.1. The van der Waals surface area contributed by atoms with Crippen LogP contribution in [0.1, 0.15) is 36.8 Å². The molecule has 0 saturated heterocycles. The second-order valence-corrected chi connectivity index (χ2v) is 8.35. The molecule has 5 rings (SSSR count). The van der Waals surface area contributed by atoms with E-state index in [1.807, 2.05) is 61.5 Å². The van der Waals surface area contributed by atoms with Gasteiger partial charge in [0, 0.05) is 12.6 Å². The van der Waals surface area contributed by atoms with Crippen molar-refractivity contribution in [1.29, 1.82) is 0 Å². The van der Waals surface area contributed by atoms with E-state index in [0.29, 0.717) is 12.4 Å². The van der Waals surface area contributed by atoms with Crippen LogP contribution in [0, 0.1) is 11.6 Å². The van der Waals surface area contributed by atoms with Crippen molar-refractivity contribution in [2.75, 3.05) is 5.32 Å². The lowest BCUT2D eigenvalue weighted by Gasteiger charge is -2.38. The van der Waals surface area contributed by atoms with Crippen LogP contribution in [-0.2, 0) is 16.1 Å². The monoisotopic (exact) mass is 460 g/mol. The zero-order valence-corrected chi connectivity index (χ0v) is 18.4. The quantitative estimate of drug-likeness (QED) is 0.456. The molecule has 0 aliphatic carbocycles. The Morgan fingerprint density at radius 3 is 2.56 bits per heavy atom. The SMILES string of the molecule is CC1c2nc3ccccc3n2C(CC(=O)Nc2cc(F)ccc2F)C(=O)N1Cc1ccccc1. The molecule has 0 saturated carbocycles. The van der Waals surface area contributed by atoms with Gasteiger partial charge in [-0.2, -0.15) is 0 Å². The van der Waals surface area contributed by atoms with E-state index in [-0.39, 0.29) is 24.1 Å². The number of hydrogen-bond donors (Lipinski definition) is 1. The lowest BCUT2D eigenvalue weighted by molar-refractivity contribution is -0.142. The highest BCUT2D eigenvalue weighted by Gasteiger charge is 2.40. The Morgan fingerprint density at radius 1 is 1.03 bits per heavy atom. The smallest absolute Gasteiger partial charge is 0.247 e. The first-order valence-corrected chi connectivity index (χ1v) is 11.0. The number of nitrogens with zero attached hydrogens (tertiary/aromatic N) is 3. The number of rotatable bonds is 5. The predicted octanol–water partition coefficient (Wildman–Crippen LogP) is 4.99. The minimum Gasteiger partial charge on any atom is -0.327 e. The highest BCUT2D eigenvalue weighted by atomic mass is 19.1. The van der Waals surface area contributed by atoms with Gasteiger partial charge in [0.1, 0.15) is 23.5 Å². The fourth-order valence-corrected chi connectivity index (χ4v) is 4.46. The Labute approximate surface area is 194 Å². The second-order valence-electron chi connectivity index (χ2n) is 8.35. The van der Waals surface area contributed by atoms with Crippen LogP contribution < -0.4 is 5.32 Å². The number of nitrogens with one attached hydrogen (secondary N) is 1. The molecule has 2 atom stereocenters. The van der Waals surface area contributed by atoms with Crippen LogP contribution in [-0.4, -0.2) is 26.3 Å². The van der Waals surface area contributed by atoms with Crippen LogP contribution in [0.2, 0.25) is 0 Å². The third-order valence-corrected chi connectivity index (χ3v) is 6.12. The van der Waals surface area contributed by atoms with E-state index in [1.54, 1.807) is 9.47 Å². The predicted molar refractivity (Wildman–Crippen MR) is 124 cm³/mol. The number of anilines is 1. The lowest BCUT2D eigenvalue weighted by atomic mass is 10.0. The molecule has 0 radical (unpaired) electrons. The number of carbonyl (C=O) groups is 2. The molecule has 0 fully saturated rings. The van der Waals surface area contributed by atoms with Gasteiger partial charge in [-0.3, -0.25) is 9.59 Å². The second kappa shape index (κ2) is 8.70. The van der Waals surface area contributed by atoms with Crippen molar-refractivity contribution in [3.63, 3.8) is 0 Å². The van der Waals surface area contributed by atoms with E-state index in [0.717, 1.165) is 34.8 Å². The first kappa shape index (κ1) is 21.8. The van der Waals surface area contributed by atoms with Gasteiger partial charge in [-0.1, -0.05) is 42.5 Å². The summed E-state index contributed by atoms with van der Waals surface area (Å²) in [5, 5.41) is 2.41. The van der Waals surface area contributed by atoms with Gasteiger partial charge in [-0.05, 0) is 36.8 Å². The maximum atomic E-state index is 14.1. The van der Waals surface area contributed by atoms with Crippen molar-refractivity contribution in [3.05, 3.63) is 95.8 Å². The van der Waals surface area contributed by atoms with E-state index >= 15 is 0 Å². The number of imidazole rings is 1. The van der Waals surface area contributed by atoms with Gasteiger partial charge >= 0.3 is 0 Å². The number of fused-ring (bicyclic) bond motifs is 3. The summed E-state index contributed by atoms with van der Waals surface area (Å²) < 4.78 is 29.4. The molecule has 0 bridgehead atoms. The minimum absolute atomic E-state index is 0.234. The number of para-hydroxylation sites is 2. The molecule has 3 aromatic carbocycles. The summed E-state index contributed by atoms with van der Waals surface area (Å²) in [5.41, 5.74) is 2.16. The molecule has 6 nitrogen and oxygen atoms in total. The van der Waals surface area contributed by atoms with Crippen LogP contribution in [0.5, 0.6) is 0 Å². The fraction of sp³-hybridized carbons (Fsp3) is 0.192. The third kappa shape index (κ3) is 3.91. The van der Waals surface area contributed by atoms with Crippen molar-refractivity contribution in [2.24, 2.45) is 0 Å². The normalized spacial score (nSPS) is 17.6. The van der Waals surface area contributed by atoms with Gasteiger partial charge < -0.3 is 14.8 Å². The lowest BCUT2D eigenvalue weighted by Crippen LogP contribution is -2.45. The summed E-state index contributed by atoms with van der Waals surface area (Å²) in [6, 6.07) is 18.7. The van der Waals surface area contributed by atoms with Gasteiger partial charge in [0.05, 0.1) is 29.2 Å². The Kier molecular flexibility index (Phi) is 5.57. The molecule has 34 heavy (non-hydrogen) atoms. The molecule has 1 N–H and O–H groups in total. The molecule has 1 aliphatic rings. The van der Waals surface area contributed by atoms with E-state index < -0.39 is 23.6 Å². The Hall–Kier alpha value is -4.07. The van der Waals surface area contributed by atoms with Gasteiger partial charge in [0.25, 0.3) is 0 Å². The number of halogens is 2. The molecule has 4 aromatic rings. The summed E-state index contributed by atoms with van der Waals surface area (Å²) in [5.74, 6) is -1.58. The van der Waals surface area contributed by atoms with Gasteiger partial charge in [0.2, 0.25) is 11.8 Å². The van der Waals surface area contributed by atoms with E-state index in [4.69, 9.17) is 4.98 Å². The Morgan fingerprint density at radius 2 is 1.76 bits per heavy atom. The molecule has 8 heteroatoms. The fourth-order valence-electron chi connectivity index (χ4n) is 4.46. The average molecular weight is 460 g/mol. The topological polar surface area (TPSA) is 67.2 Å². The van der Waals surface area contributed by atoms with Crippen molar-refractivity contribution in [1.82, 2.24) is 14.5 Å². The van der Waals surface area contributed by atoms with E-state index in [1.165, 1.54) is 0 Å². The highest BCUT2D eigenvalue weighted by molar-refractivity contribution is 5.96. The molecule has 1 aromatic heterocycles. The Bertz CT molecular complexity index is 1390. The number of benzene rings is 3. The molecular formula is C26H22F2N4O2. The van der Waals surface area contributed by atoms with Crippen LogP contribution in [0.3, 0.4) is 0 Å². The molecule has 172 valence electrons. The van der Waals surface area contributed by atoms with Crippen molar-refractivity contribution in [2.45, 2.75) is 32.0 Å². The summed E-state index contributed by atoms with van der Waals surface area (Å²) in [6.07, 6.45) is -0.250.